The summed E-state index contributed by atoms with van der Waals surface area (Å²) >= 11 is 0. The van der Waals surface area contributed by atoms with Gasteiger partial charge in [0, 0.05) is 0 Å². The lowest BCUT2D eigenvalue weighted by molar-refractivity contribution is 0.384. The molecule has 0 bridgehead atoms. The lowest BCUT2D eigenvalue weighted by Crippen LogP contribution is -2.20. The van der Waals surface area contributed by atoms with Gasteiger partial charge in [-0.25, -0.2) is 22.0 Å². The Bertz CT molecular complexity index is 230. The van der Waals surface area contributed by atoms with Crippen LogP contribution in [0.25, 0.3) is 0 Å². The standard InChI is InChI=1S/C6H2BF5/c7-1-2(8)4(10)6(12)5(11)3(1)9/h7H2/q-1. The molecule has 1 rings (SSSR count). The minimum absolute atomic E-state index is 0.816. The molecule has 0 fully saturated rings. The van der Waals surface area contributed by atoms with Crippen molar-refractivity contribution < 1.29 is 22.0 Å². The van der Waals surface area contributed by atoms with Crippen LogP contribution >= 0.6 is 0 Å². The molecule has 12 heavy (non-hydrogen) atoms. The third-order valence-corrected chi connectivity index (χ3v) is 1.43. The Kier molecular flexibility index (Phi) is 2.08. The van der Waals surface area contributed by atoms with Crippen LogP contribution in [-0.2, 0) is 0 Å². The average Bonchev–Trinajstić information content (AvgIpc) is 2.08. The van der Waals surface area contributed by atoms with E-state index in [4.69, 9.17) is 0 Å². The third kappa shape index (κ3) is 1.07. The Morgan fingerprint density at radius 2 is 0.833 bits per heavy atom. The second-order valence-electron chi connectivity index (χ2n) is 2.19. The molecule has 0 heterocycles. The molecular weight excluding hydrogens is 178 g/mol. The van der Waals surface area contributed by atoms with E-state index < -0.39 is 34.5 Å². The fourth-order valence-corrected chi connectivity index (χ4v) is 0.715. The van der Waals surface area contributed by atoms with Crippen LogP contribution in [0.2, 0.25) is 0 Å². The zero-order chi connectivity index (χ0) is 9.46. The molecule has 0 saturated carbocycles. The molecule has 0 aliphatic carbocycles. The highest BCUT2D eigenvalue weighted by Gasteiger charge is 2.19. The first-order chi connectivity index (χ1) is 5.46. The first-order valence-electron chi connectivity index (χ1n) is 2.94. The minimum Gasteiger partial charge on any atom is -0.207 e. The SMILES string of the molecule is [BH2-]c1c(F)c(F)c(F)c(F)c1F. The summed E-state index contributed by atoms with van der Waals surface area (Å²) in [7, 11) is 0.816. The fourth-order valence-electron chi connectivity index (χ4n) is 0.715. The van der Waals surface area contributed by atoms with Gasteiger partial charge in [0.15, 0.2) is 17.5 Å². The van der Waals surface area contributed by atoms with Gasteiger partial charge >= 0.3 is 0 Å². The van der Waals surface area contributed by atoms with E-state index in [-0.39, 0.29) is 0 Å². The molecule has 0 saturated heterocycles. The Labute approximate surface area is 65.4 Å². The molecule has 0 spiro atoms. The second-order valence-corrected chi connectivity index (χ2v) is 2.19. The van der Waals surface area contributed by atoms with Gasteiger partial charge in [0.1, 0.15) is 11.6 Å². The zero-order valence-corrected chi connectivity index (χ0v) is 5.89. The predicted molar refractivity (Wildman–Crippen MR) is 34.4 cm³/mol. The first-order valence-corrected chi connectivity index (χ1v) is 2.94. The van der Waals surface area contributed by atoms with Gasteiger partial charge in [-0.15, -0.1) is 7.85 Å². The lowest BCUT2D eigenvalue weighted by Gasteiger charge is -2.07. The van der Waals surface area contributed by atoms with Crippen LogP contribution in [-0.4, -0.2) is 7.85 Å². The van der Waals surface area contributed by atoms with Crippen LogP contribution in [0.4, 0.5) is 22.0 Å². The highest BCUT2D eigenvalue weighted by atomic mass is 19.2. The van der Waals surface area contributed by atoms with Gasteiger partial charge in [-0.1, -0.05) is 0 Å². The molecule has 0 unspecified atom stereocenters. The minimum atomic E-state index is -2.13. The summed E-state index contributed by atoms with van der Waals surface area (Å²) in [6.45, 7) is 0. The fraction of sp³-hybridized carbons (Fsp3) is 0. The number of hydrogen-bond acceptors (Lipinski definition) is 0. The molecule has 65 valence electrons. The van der Waals surface area contributed by atoms with Crippen molar-refractivity contribution in [3.8, 4) is 0 Å². The molecule has 0 aliphatic rings. The van der Waals surface area contributed by atoms with Crippen molar-refractivity contribution in [1.82, 2.24) is 0 Å². The first kappa shape index (κ1) is 9.03. The molecule has 0 amide bonds. The molecule has 6 heteroatoms. The van der Waals surface area contributed by atoms with Crippen molar-refractivity contribution in [3.63, 3.8) is 0 Å². The van der Waals surface area contributed by atoms with Crippen LogP contribution in [0.5, 0.6) is 0 Å². The lowest BCUT2D eigenvalue weighted by atomic mass is 9.94. The van der Waals surface area contributed by atoms with Crippen LogP contribution < -0.4 is 5.46 Å². The number of benzene rings is 1. The quantitative estimate of drug-likeness (QED) is 0.238. The van der Waals surface area contributed by atoms with E-state index in [9.17, 15) is 22.0 Å². The third-order valence-electron chi connectivity index (χ3n) is 1.43. The summed E-state index contributed by atoms with van der Waals surface area (Å²) in [6, 6.07) is 0. The highest BCUT2D eigenvalue weighted by molar-refractivity contribution is 6.32. The molecule has 0 N–H and O–H groups in total. The van der Waals surface area contributed by atoms with Crippen molar-refractivity contribution in [2.24, 2.45) is 0 Å². The number of hydrogen-bond donors (Lipinski definition) is 0. The maximum Gasteiger partial charge on any atom is 0.200 e. The molecule has 1 aromatic carbocycles. The van der Waals surface area contributed by atoms with Crippen molar-refractivity contribution in [3.05, 3.63) is 29.1 Å². The summed E-state index contributed by atoms with van der Waals surface area (Å²) in [4.78, 5) is 0. The topological polar surface area (TPSA) is 0 Å². The zero-order valence-electron chi connectivity index (χ0n) is 5.89. The molecule has 0 aromatic heterocycles. The van der Waals surface area contributed by atoms with Gasteiger partial charge in [0.05, 0.1) is 0 Å². The van der Waals surface area contributed by atoms with Gasteiger partial charge < -0.3 is 0 Å². The van der Waals surface area contributed by atoms with Crippen LogP contribution in [0.1, 0.15) is 0 Å². The molecule has 0 nitrogen and oxygen atoms in total. The Morgan fingerprint density at radius 1 is 0.583 bits per heavy atom. The number of halogens is 5. The van der Waals surface area contributed by atoms with Crippen molar-refractivity contribution >= 4 is 13.3 Å². The van der Waals surface area contributed by atoms with E-state index in [0.29, 0.717) is 0 Å². The van der Waals surface area contributed by atoms with Crippen molar-refractivity contribution in [1.29, 1.82) is 0 Å². The molecule has 0 atom stereocenters. The second kappa shape index (κ2) is 2.77. The maximum atomic E-state index is 12.4. The van der Waals surface area contributed by atoms with Crippen LogP contribution in [0.3, 0.4) is 0 Å². The van der Waals surface area contributed by atoms with Gasteiger partial charge in [0.2, 0.25) is 0 Å². The largest absolute Gasteiger partial charge is 0.207 e. The number of rotatable bonds is 0. The van der Waals surface area contributed by atoms with E-state index >= 15 is 0 Å². The normalized spacial score (nSPS) is 10.5. The maximum absolute atomic E-state index is 12.4. The summed E-state index contributed by atoms with van der Waals surface area (Å²) in [5.74, 6) is -9.52. The van der Waals surface area contributed by atoms with Gasteiger partial charge in [0.25, 0.3) is 0 Å². The van der Waals surface area contributed by atoms with Gasteiger partial charge in [-0.3, -0.25) is 0 Å². The predicted octanol–water partition coefficient (Wildman–Crippen LogP) is 0.640. The molecular formula is C6H2BF5-. The summed E-state index contributed by atoms with van der Waals surface area (Å²) in [6.07, 6.45) is 0. The summed E-state index contributed by atoms with van der Waals surface area (Å²) in [5.41, 5.74) is -0.869. The van der Waals surface area contributed by atoms with E-state index in [2.05, 4.69) is 0 Å². The van der Waals surface area contributed by atoms with Crippen LogP contribution in [0, 0.1) is 29.1 Å². The molecule has 1 aromatic rings. The Hall–Kier alpha value is -1.07. The smallest absolute Gasteiger partial charge is 0.200 e. The monoisotopic (exact) mass is 180 g/mol. The average molecular weight is 180 g/mol. The van der Waals surface area contributed by atoms with E-state index in [1.807, 2.05) is 0 Å². The molecule has 1 radical (unpaired) electrons. The van der Waals surface area contributed by atoms with E-state index in [1.54, 1.807) is 0 Å². The molecule has 0 aliphatic heterocycles. The van der Waals surface area contributed by atoms with Crippen molar-refractivity contribution in [2.45, 2.75) is 0 Å². The highest BCUT2D eigenvalue weighted by Crippen LogP contribution is 2.14. The van der Waals surface area contributed by atoms with Crippen LogP contribution in [0.15, 0.2) is 0 Å². The van der Waals surface area contributed by atoms with Crippen molar-refractivity contribution in [2.75, 3.05) is 0 Å². The summed E-state index contributed by atoms with van der Waals surface area (Å²) in [5, 5.41) is 0. The van der Waals surface area contributed by atoms with Gasteiger partial charge in [-0.05, 0) is 0 Å². The Morgan fingerprint density at radius 3 is 1.17 bits per heavy atom. The van der Waals surface area contributed by atoms with E-state index in [0.717, 1.165) is 7.85 Å². The van der Waals surface area contributed by atoms with E-state index in [1.165, 1.54) is 0 Å². The Balaban J connectivity index is 3.60. The van der Waals surface area contributed by atoms with Gasteiger partial charge in [-0.2, -0.15) is 5.46 Å². The summed E-state index contributed by atoms with van der Waals surface area (Å²) < 4.78 is 61.6.